The molecule has 0 N–H and O–H groups in total. The summed E-state index contributed by atoms with van der Waals surface area (Å²) in [4.78, 5) is 0. The fourth-order valence-corrected chi connectivity index (χ4v) is 2.79. The first-order valence-corrected chi connectivity index (χ1v) is 6.17. The Morgan fingerprint density at radius 2 is 2.07 bits per heavy atom. The van der Waals surface area contributed by atoms with Gasteiger partial charge in [-0.1, -0.05) is 29.7 Å². The van der Waals surface area contributed by atoms with Gasteiger partial charge in [0, 0.05) is 6.42 Å². The molecule has 3 rings (SSSR count). The summed E-state index contributed by atoms with van der Waals surface area (Å²) in [5.41, 5.74) is 4.29. The van der Waals surface area contributed by atoms with Gasteiger partial charge in [0.25, 0.3) is 0 Å². The first kappa shape index (κ1) is 10.9. The molecule has 2 atom stereocenters. The molecule has 1 fully saturated rings. The van der Waals surface area contributed by atoms with Crippen LogP contribution in [0.4, 0.5) is 4.39 Å². The van der Waals surface area contributed by atoms with Crippen LogP contribution in [0.2, 0.25) is 0 Å². The van der Waals surface area contributed by atoms with Gasteiger partial charge in [-0.05, 0) is 44.9 Å². The van der Waals surface area contributed by atoms with Crippen LogP contribution in [0.1, 0.15) is 52.4 Å². The van der Waals surface area contributed by atoms with Crippen LogP contribution < -0.4 is 0 Å². The molecule has 0 saturated heterocycles. The molecule has 2 unspecified atom stereocenters. The minimum absolute atomic E-state index is 0.543. The summed E-state index contributed by atoms with van der Waals surface area (Å²) in [5.74, 6) is 0.543. The van der Waals surface area contributed by atoms with Crippen LogP contribution in [0.5, 0.6) is 0 Å². The Labute approximate surface area is 92.3 Å². The van der Waals surface area contributed by atoms with Gasteiger partial charge in [-0.25, -0.2) is 4.39 Å². The average molecular weight is 208 g/mol. The predicted molar refractivity (Wildman–Crippen MR) is 62.5 cm³/mol. The molecule has 0 heterocycles. The van der Waals surface area contributed by atoms with E-state index in [1.807, 2.05) is 0 Å². The number of rotatable bonds is 0. The van der Waals surface area contributed by atoms with E-state index in [0.29, 0.717) is 12.3 Å². The number of allylic oxidation sites excluding steroid dienone is 4. The van der Waals surface area contributed by atoms with Gasteiger partial charge in [-0.2, -0.15) is 0 Å². The minimum Gasteiger partial charge on any atom is -0.247 e. The highest BCUT2D eigenvalue weighted by Crippen LogP contribution is 2.34. The second-order valence-corrected chi connectivity index (χ2v) is 5.27. The molecule has 0 aromatic carbocycles. The summed E-state index contributed by atoms with van der Waals surface area (Å²) in [5, 5.41) is 0. The molecule has 0 aliphatic heterocycles. The highest BCUT2D eigenvalue weighted by atomic mass is 19.1. The molecule has 15 heavy (non-hydrogen) atoms. The fourth-order valence-electron chi connectivity index (χ4n) is 2.79. The van der Waals surface area contributed by atoms with Crippen molar-refractivity contribution in [2.75, 3.05) is 0 Å². The zero-order valence-electron chi connectivity index (χ0n) is 9.85. The summed E-state index contributed by atoms with van der Waals surface area (Å²) in [6, 6.07) is 0. The van der Waals surface area contributed by atoms with Crippen molar-refractivity contribution in [3.05, 3.63) is 22.8 Å². The van der Waals surface area contributed by atoms with Gasteiger partial charge >= 0.3 is 0 Å². The van der Waals surface area contributed by atoms with Gasteiger partial charge in [-0.15, -0.1) is 0 Å². The van der Waals surface area contributed by atoms with E-state index in [2.05, 4.69) is 19.9 Å². The molecule has 0 aromatic rings. The molecule has 84 valence electrons. The van der Waals surface area contributed by atoms with Crippen molar-refractivity contribution in [1.29, 1.82) is 0 Å². The lowest BCUT2D eigenvalue weighted by Crippen LogP contribution is -2.13. The van der Waals surface area contributed by atoms with Gasteiger partial charge in [0.05, 0.1) is 0 Å². The van der Waals surface area contributed by atoms with Crippen molar-refractivity contribution in [2.24, 2.45) is 5.92 Å². The topological polar surface area (TPSA) is 0 Å². The Kier molecular flexibility index (Phi) is 3.28. The lowest BCUT2D eigenvalue weighted by Gasteiger charge is -2.24. The van der Waals surface area contributed by atoms with Crippen molar-refractivity contribution in [2.45, 2.75) is 58.5 Å². The lowest BCUT2D eigenvalue weighted by atomic mass is 9.83. The van der Waals surface area contributed by atoms with E-state index in [-0.39, 0.29) is 0 Å². The van der Waals surface area contributed by atoms with Crippen LogP contribution >= 0.6 is 0 Å². The Hall–Kier alpha value is -0.590. The van der Waals surface area contributed by atoms with Crippen molar-refractivity contribution in [3.8, 4) is 0 Å². The average Bonchev–Trinajstić information content (AvgIpc) is 2.18. The first-order valence-electron chi connectivity index (χ1n) is 6.17. The SMILES string of the molecule is CC1=C2CCC(=C1)CCC(C)CC(F)C2. The quantitative estimate of drug-likeness (QED) is 0.547. The third-order valence-corrected chi connectivity index (χ3v) is 3.81. The van der Waals surface area contributed by atoms with E-state index < -0.39 is 6.17 Å². The van der Waals surface area contributed by atoms with Crippen LogP contribution in [0, 0.1) is 5.92 Å². The van der Waals surface area contributed by atoms with Crippen LogP contribution in [0.3, 0.4) is 0 Å². The Morgan fingerprint density at radius 1 is 1.27 bits per heavy atom. The number of hydrogen-bond donors (Lipinski definition) is 0. The Morgan fingerprint density at radius 3 is 2.80 bits per heavy atom. The minimum atomic E-state index is -0.613. The van der Waals surface area contributed by atoms with Gasteiger partial charge < -0.3 is 0 Å². The summed E-state index contributed by atoms with van der Waals surface area (Å²) >= 11 is 0. The Bertz CT molecular complexity index is 298. The maximum atomic E-state index is 13.8. The van der Waals surface area contributed by atoms with E-state index in [1.165, 1.54) is 24.0 Å². The third-order valence-electron chi connectivity index (χ3n) is 3.81. The second kappa shape index (κ2) is 4.51. The molecule has 0 aromatic heterocycles. The molecule has 2 bridgehead atoms. The number of halogens is 1. The fraction of sp³-hybridized carbons (Fsp3) is 0.714. The van der Waals surface area contributed by atoms with Gasteiger partial charge in [-0.3, -0.25) is 0 Å². The molecule has 1 saturated carbocycles. The number of fused-ring (bicyclic) bond motifs is 7. The van der Waals surface area contributed by atoms with Crippen molar-refractivity contribution >= 4 is 0 Å². The van der Waals surface area contributed by atoms with Crippen LogP contribution in [-0.2, 0) is 0 Å². The highest BCUT2D eigenvalue weighted by molar-refractivity contribution is 5.32. The maximum Gasteiger partial charge on any atom is 0.104 e. The molecule has 1 heteroatoms. The summed E-state index contributed by atoms with van der Waals surface area (Å²) in [6.45, 7) is 4.33. The molecule has 0 nitrogen and oxygen atoms in total. The van der Waals surface area contributed by atoms with E-state index in [1.54, 1.807) is 5.57 Å². The summed E-state index contributed by atoms with van der Waals surface area (Å²) in [7, 11) is 0. The predicted octanol–water partition coefficient (Wildman–Crippen LogP) is 4.57. The molecule has 0 radical (unpaired) electrons. The standard InChI is InChI=1S/C14H21F/c1-10-3-4-12-5-6-13(11(2)8-12)9-14(15)7-10/h8,10,14H,3-7,9H2,1-2H3. The van der Waals surface area contributed by atoms with E-state index >= 15 is 0 Å². The molecule has 3 aliphatic rings. The van der Waals surface area contributed by atoms with E-state index in [4.69, 9.17) is 0 Å². The zero-order valence-corrected chi connectivity index (χ0v) is 9.85. The summed E-state index contributed by atoms with van der Waals surface area (Å²) < 4.78 is 13.8. The Balaban J connectivity index is 2.20. The van der Waals surface area contributed by atoms with Crippen molar-refractivity contribution < 1.29 is 4.39 Å². The molecule has 0 amide bonds. The highest BCUT2D eigenvalue weighted by Gasteiger charge is 2.20. The third kappa shape index (κ3) is 2.70. The molecule has 3 aliphatic carbocycles. The van der Waals surface area contributed by atoms with Crippen LogP contribution in [-0.4, -0.2) is 6.17 Å². The zero-order chi connectivity index (χ0) is 10.8. The maximum absolute atomic E-state index is 13.8. The second-order valence-electron chi connectivity index (χ2n) is 5.27. The van der Waals surface area contributed by atoms with Crippen LogP contribution in [0.25, 0.3) is 0 Å². The lowest BCUT2D eigenvalue weighted by molar-refractivity contribution is 0.262. The van der Waals surface area contributed by atoms with Gasteiger partial charge in [0.1, 0.15) is 6.17 Å². The smallest absolute Gasteiger partial charge is 0.104 e. The van der Waals surface area contributed by atoms with Gasteiger partial charge in [0.2, 0.25) is 0 Å². The number of alkyl halides is 1. The summed E-state index contributed by atoms with van der Waals surface area (Å²) in [6.07, 6.45) is 7.75. The largest absolute Gasteiger partial charge is 0.247 e. The molecular formula is C14H21F. The van der Waals surface area contributed by atoms with E-state index in [9.17, 15) is 4.39 Å². The van der Waals surface area contributed by atoms with Gasteiger partial charge in [0.15, 0.2) is 0 Å². The molecular weight excluding hydrogens is 187 g/mol. The first-order chi connectivity index (χ1) is 7.15. The van der Waals surface area contributed by atoms with Crippen LogP contribution in [0.15, 0.2) is 22.8 Å². The monoisotopic (exact) mass is 208 g/mol. The van der Waals surface area contributed by atoms with Crippen molar-refractivity contribution in [3.63, 3.8) is 0 Å². The molecule has 0 spiro atoms. The van der Waals surface area contributed by atoms with E-state index in [0.717, 1.165) is 19.3 Å². The normalized spacial score (nSPS) is 32.9. The number of hydrogen-bond acceptors (Lipinski definition) is 0. The van der Waals surface area contributed by atoms with Crippen molar-refractivity contribution in [1.82, 2.24) is 0 Å².